The van der Waals surface area contributed by atoms with Crippen LogP contribution in [-0.4, -0.2) is 0 Å². The number of nitrogens with two attached hydrogens (primary N) is 1. The summed E-state index contributed by atoms with van der Waals surface area (Å²) in [7, 11) is 0. The van der Waals surface area contributed by atoms with Crippen LogP contribution in [0.2, 0.25) is 0 Å². The second-order valence-electron chi connectivity index (χ2n) is 4.40. The van der Waals surface area contributed by atoms with Crippen molar-refractivity contribution in [2.24, 2.45) is 5.73 Å². The quantitative estimate of drug-likeness (QED) is 0.847. The molecule has 0 fully saturated rings. The van der Waals surface area contributed by atoms with Crippen molar-refractivity contribution in [2.75, 3.05) is 0 Å². The molecule has 0 aliphatic heterocycles. The van der Waals surface area contributed by atoms with Gasteiger partial charge in [0, 0.05) is 6.54 Å². The second kappa shape index (κ2) is 5.15. The molecule has 0 bridgehead atoms. The lowest BCUT2D eigenvalue weighted by molar-refractivity contribution is 1.07. The molecule has 2 aromatic carbocycles. The van der Waals surface area contributed by atoms with Crippen molar-refractivity contribution in [1.29, 1.82) is 0 Å². The summed E-state index contributed by atoms with van der Waals surface area (Å²) in [5, 5.41) is 0. The molecule has 0 aliphatic rings. The second-order valence-corrected chi connectivity index (χ2v) is 4.40. The van der Waals surface area contributed by atoms with E-state index < -0.39 is 0 Å². The van der Waals surface area contributed by atoms with Gasteiger partial charge in [-0.05, 0) is 47.2 Å². The predicted molar refractivity (Wildman–Crippen MR) is 73.9 cm³/mol. The smallest absolute Gasteiger partial charge is 0.0178 e. The Kier molecular flexibility index (Phi) is 3.60. The van der Waals surface area contributed by atoms with Gasteiger partial charge in [-0.1, -0.05) is 43.3 Å². The molecule has 0 spiro atoms. The van der Waals surface area contributed by atoms with Crippen LogP contribution >= 0.6 is 0 Å². The van der Waals surface area contributed by atoms with E-state index in [4.69, 9.17) is 5.73 Å². The van der Waals surface area contributed by atoms with Crippen LogP contribution in [0.15, 0.2) is 42.5 Å². The van der Waals surface area contributed by atoms with E-state index in [-0.39, 0.29) is 0 Å². The first kappa shape index (κ1) is 11.9. The summed E-state index contributed by atoms with van der Waals surface area (Å²) in [6, 6.07) is 15.2. The average Bonchev–Trinajstić information content (AvgIpc) is 2.39. The molecule has 0 aliphatic carbocycles. The van der Waals surface area contributed by atoms with E-state index in [9.17, 15) is 0 Å². The highest BCUT2D eigenvalue weighted by atomic mass is 14.5. The third kappa shape index (κ3) is 2.56. The Labute approximate surface area is 103 Å². The Hall–Kier alpha value is -1.60. The van der Waals surface area contributed by atoms with E-state index in [2.05, 4.69) is 56.3 Å². The maximum atomic E-state index is 5.69. The van der Waals surface area contributed by atoms with Gasteiger partial charge < -0.3 is 5.73 Å². The van der Waals surface area contributed by atoms with Crippen LogP contribution in [0.1, 0.15) is 23.6 Å². The van der Waals surface area contributed by atoms with Gasteiger partial charge in [-0.3, -0.25) is 0 Å². The molecule has 2 aromatic rings. The van der Waals surface area contributed by atoms with Gasteiger partial charge in [-0.25, -0.2) is 0 Å². The van der Waals surface area contributed by atoms with Crippen molar-refractivity contribution in [2.45, 2.75) is 26.8 Å². The number of hydrogen-bond acceptors (Lipinski definition) is 1. The lowest BCUT2D eigenvalue weighted by Crippen LogP contribution is -1.97. The lowest BCUT2D eigenvalue weighted by atomic mass is 9.97. The standard InChI is InChI=1S/C16H19N/c1-3-13-6-8-15(9-7-13)16-10-14(11-17)5-4-12(16)2/h4-10H,3,11,17H2,1-2H3. The van der Waals surface area contributed by atoms with Gasteiger partial charge in [0.1, 0.15) is 0 Å². The van der Waals surface area contributed by atoms with Crippen LogP contribution in [0.25, 0.3) is 11.1 Å². The van der Waals surface area contributed by atoms with Gasteiger partial charge in [-0.15, -0.1) is 0 Å². The Balaban J connectivity index is 2.43. The van der Waals surface area contributed by atoms with Crippen molar-refractivity contribution in [1.82, 2.24) is 0 Å². The normalized spacial score (nSPS) is 10.5. The summed E-state index contributed by atoms with van der Waals surface area (Å²) in [5.74, 6) is 0. The first-order valence-corrected chi connectivity index (χ1v) is 6.13. The number of rotatable bonds is 3. The molecular weight excluding hydrogens is 206 g/mol. The largest absolute Gasteiger partial charge is 0.326 e. The minimum Gasteiger partial charge on any atom is -0.326 e. The monoisotopic (exact) mass is 225 g/mol. The zero-order chi connectivity index (χ0) is 12.3. The first-order valence-electron chi connectivity index (χ1n) is 6.13. The number of benzene rings is 2. The van der Waals surface area contributed by atoms with Crippen molar-refractivity contribution in [3.8, 4) is 11.1 Å². The molecule has 0 radical (unpaired) electrons. The van der Waals surface area contributed by atoms with Crippen LogP contribution in [-0.2, 0) is 13.0 Å². The van der Waals surface area contributed by atoms with Crippen molar-refractivity contribution in [3.63, 3.8) is 0 Å². The Morgan fingerprint density at radius 1 is 0.941 bits per heavy atom. The molecule has 1 heteroatoms. The fourth-order valence-corrected chi connectivity index (χ4v) is 2.03. The Bertz CT molecular complexity index is 497. The van der Waals surface area contributed by atoms with E-state index >= 15 is 0 Å². The van der Waals surface area contributed by atoms with Gasteiger partial charge in [0.05, 0.1) is 0 Å². The summed E-state index contributed by atoms with van der Waals surface area (Å²) in [5.41, 5.74) is 12.1. The van der Waals surface area contributed by atoms with E-state index in [1.54, 1.807) is 0 Å². The molecule has 0 amide bonds. The topological polar surface area (TPSA) is 26.0 Å². The van der Waals surface area contributed by atoms with Crippen molar-refractivity contribution < 1.29 is 0 Å². The van der Waals surface area contributed by atoms with E-state index in [0.717, 1.165) is 6.42 Å². The highest BCUT2D eigenvalue weighted by molar-refractivity contribution is 5.68. The molecule has 88 valence electrons. The molecule has 0 atom stereocenters. The summed E-state index contributed by atoms with van der Waals surface area (Å²) < 4.78 is 0. The SMILES string of the molecule is CCc1ccc(-c2cc(CN)ccc2C)cc1. The van der Waals surface area contributed by atoms with Crippen LogP contribution in [0.3, 0.4) is 0 Å². The summed E-state index contributed by atoms with van der Waals surface area (Å²) in [6.45, 7) is 4.92. The minimum absolute atomic E-state index is 0.598. The van der Waals surface area contributed by atoms with Crippen LogP contribution in [0.5, 0.6) is 0 Å². The summed E-state index contributed by atoms with van der Waals surface area (Å²) in [4.78, 5) is 0. The molecule has 0 aromatic heterocycles. The summed E-state index contributed by atoms with van der Waals surface area (Å²) >= 11 is 0. The number of hydrogen-bond donors (Lipinski definition) is 1. The maximum Gasteiger partial charge on any atom is 0.0178 e. The zero-order valence-corrected chi connectivity index (χ0v) is 10.5. The summed E-state index contributed by atoms with van der Waals surface area (Å²) in [6.07, 6.45) is 1.09. The fourth-order valence-electron chi connectivity index (χ4n) is 2.03. The first-order chi connectivity index (χ1) is 8.24. The molecule has 17 heavy (non-hydrogen) atoms. The molecule has 0 saturated heterocycles. The molecular formula is C16H19N. The highest BCUT2D eigenvalue weighted by Crippen LogP contribution is 2.25. The Morgan fingerprint density at radius 3 is 2.18 bits per heavy atom. The highest BCUT2D eigenvalue weighted by Gasteiger charge is 2.03. The van der Waals surface area contributed by atoms with Crippen molar-refractivity contribution in [3.05, 3.63) is 59.2 Å². The van der Waals surface area contributed by atoms with Gasteiger partial charge >= 0.3 is 0 Å². The average molecular weight is 225 g/mol. The third-order valence-corrected chi connectivity index (χ3v) is 3.21. The fraction of sp³-hybridized carbons (Fsp3) is 0.250. The zero-order valence-electron chi connectivity index (χ0n) is 10.5. The molecule has 2 rings (SSSR count). The minimum atomic E-state index is 0.598. The molecule has 0 saturated carbocycles. The lowest BCUT2D eigenvalue weighted by Gasteiger charge is -2.09. The van der Waals surface area contributed by atoms with E-state index in [1.807, 2.05) is 0 Å². The van der Waals surface area contributed by atoms with Gasteiger partial charge in [0.15, 0.2) is 0 Å². The van der Waals surface area contributed by atoms with E-state index in [0.29, 0.717) is 6.54 Å². The predicted octanol–water partition coefficient (Wildman–Crippen LogP) is 3.68. The van der Waals surface area contributed by atoms with Crippen LogP contribution < -0.4 is 5.73 Å². The van der Waals surface area contributed by atoms with Gasteiger partial charge in [0.25, 0.3) is 0 Å². The van der Waals surface area contributed by atoms with Crippen LogP contribution in [0, 0.1) is 6.92 Å². The van der Waals surface area contributed by atoms with Gasteiger partial charge in [-0.2, -0.15) is 0 Å². The van der Waals surface area contributed by atoms with Gasteiger partial charge in [0.2, 0.25) is 0 Å². The van der Waals surface area contributed by atoms with Crippen LogP contribution in [0.4, 0.5) is 0 Å². The third-order valence-electron chi connectivity index (χ3n) is 3.21. The molecule has 1 nitrogen and oxygen atoms in total. The molecule has 0 heterocycles. The molecule has 0 unspecified atom stereocenters. The van der Waals surface area contributed by atoms with E-state index in [1.165, 1.54) is 27.8 Å². The number of aryl methyl sites for hydroxylation is 2. The van der Waals surface area contributed by atoms with Crippen molar-refractivity contribution >= 4 is 0 Å². The molecule has 2 N–H and O–H groups in total. The Morgan fingerprint density at radius 2 is 1.59 bits per heavy atom. The maximum absolute atomic E-state index is 5.69.